The maximum Gasteiger partial charge on any atom is 0.315 e. The van der Waals surface area contributed by atoms with Crippen LogP contribution in [0.15, 0.2) is 24.3 Å². The normalized spacial score (nSPS) is 10.9. The highest BCUT2D eigenvalue weighted by Crippen LogP contribution is 2.19. The van der Waals surface area contributed by atoms with Gasteiger partial charge in [-0.05, 0) is 12.1 Å². The van der Waals surface area contributed by atoms with Crippen molar-refractivity contribution in [3.8, 4) is 0 Å². The molecule has 2 aromatic rings. The minimum atomic E-state index is -3.04. The Bertz CT molecular complexity index is 495. The van der Waals surface area contributed by atoms with E-state index in [1.54, 1.807) is 24.3 Å². The molecule has 0 bridgehead atoms. The SMILES string of the molecule is O=C(Nc1n[nH]c2ccccc12)C(F)F. The van der Waals surface area contributed by atoms with E-state index in [1.807, 2.05) is 5.32 Å². The molecule has 2 rings (SSSR count). The first-order chi connectivity index (χ1) is 7.18. The van der Waals surface area contributed by atoms with Crippen LogP contribution in [0.25, 0.3) is 10.9 Å². The molecule has 1 heterocycles. The molecule has 0 aliphatic heterocycles. The van der Waals surface area contributed by atoms with Crippen LogP contribution < -0.4 is 5.32 Å². The van der Waals surface area contributed by atoms with E-state index in [-0.39, 0.29) is 5.82 Å². The molecule has 1 aromatic heterocycles. The fourth-order valence-electron chi connectivity index (χ4n) is 1.23. The fourth-order valence-corrected chi connectivity index (χ4v) is 1.23. The lowest BCUT2D eigenvalue weighted by Crippen LogP contribution is -2.20. The molecule has 78 valence electrons. The van der Waals surface area contributed by atoms with E-state index in [0.717, 1.165) is 0 Å². The lowest BCUT2D eigenvalue weighted by molar-refractivity contribution is -0.126. The number of rotatable bonds is 2. The van der Waals surface area contributed by atoms with Crippen molar-refractivity contribution in [3.63, 3.8) is 0 Å². The standard InChI is InChI=1S/C9H7F2N3O/c10-7(11)9(15)12-8-5-3-1-2-4-6(5)13-14-8/h1-4,7H,(H2,12,13,14,15). The zero-order valence-corrected chi connectivity index (χ0v) is 7.50. The Morgan fingerprint density at radius 1 is 1.40 bits per heavy atom. The average Bonchev–Trinajstić information content (AvgIpc) is 2.62. The van der Waals surface area contributed by atoms with Crippen molar-refractivity contribution in [2.24, 2.45) is 0 Å². The van der Waals surface area contributed by atoms with Crippen LogP contribution in [0.2, 0.25) is 0 Å². The number of alkyl halides is 2. The van der Waals surface area contributed by atoms with Gasteiger partial charge in [0.15, 0.2) is 5.82 Å². The van der Waals surface area contributed by atoms with Crippen LogP contribution in [0.1, 0.15) is 0 Å². The molecule has 0 aliphatic carbocycles. The Balaban J connectivity index is 2.33. The zero-order chi connectivity index (χ0) is 10.8. The first kappa shape index (κ1) is 9.57. The molecular weight excluding hydrogens is 204 g/mol. The molecule has 1 aromatic carbocycles. The molecule has 15 heavy (non-hydrogen) atoms. The Kier molecular flexibility index (Phi) is 2.32. The van der Waals surface area contributed by atoms with Crippen LogP contribution >= 0.6 is 0 Å². The second kappa shape index (κ2) is 3.64. The lowest BCUT2D eigenvalue weighted by atomic mass is 10.2. The Morgan fingerprint density at radius 2 is 2.13 bits per heavy atom. The number of nitrogens with zero attached hydrogens (tertiary/aromatic N) is 1. The number of H-pyrrole nitrogens is 1. The molecular formula is C9H7F2N3O. The van der Waals surface area contributed by atoms with Gasteiger partial charge < -0.3 is 5.32 Å². The van der Waals surface area contributed by atoms with E-state index in [1.165, 1.54) is 0 Å². The number of hydrogen-bond acceptors (Lipinski definition) is 2. The molecule has 6 heteroatoms. The largest absolute Gasteiger partial charge is 0.315 e. The summed E-state index contributed by atoms with van der Waals surface area (Å²) in [5.74, 6) is -1.23. The predicted octanol–water partition coefficient (Wildman–Crippen LogP) is 1.77. The van der Waals surface area contributed by atoms with E-state index >= 15 is 0 Å². The fraction of sp³-hybridized carbons (Fsp3) is 0.111. The topological polar surface area (TPSA) is 57.8 Å². The predicted molar refractivity (Wildman–Crippen MR) is 50.7 cm³/mol. The van der Waals surface area contributed by atoms with E-state index in [2.05, 4.69) is 10.2 Å². The van der Waals surface area contributed by atoms with Gasteiger partial charge in [0.1, 0.15) is 0 Å². The summed E-state index contributed by atoms with van der Waals surface area (Å²) in [5, 5.41) is 8.99. The lowest BCUT2D eigenvalue weighted by Gasteiger charge is -1.99. The van der Waals surface area contributed by atoms with Gasteiger partial charge in [-0.1, -0.05) is 12.1 Å². The smallest absolute Gasteiger partial charge is 0.304 e. The molecule has 1 amide bonds. The minimum Gasteiger partial charge on any atom is -0.304 e. The zero-order valence-electron chi connectivity index (χ0n) is 7.50. The van der Waals surface area contributed by atoms with Gasteiger partial charge >= 0.3 is 6.43 Å². The van der Waals surface area contributed by atoms with Gasteiger partial charge in [-0.3, -0.25) is 9.89 Å². The second-order valence-corrected chi connectivity index (χ2v) is 2.91. The molecule has 0 saturated heterocycles. The number of hydrogen-bond donors (Lipinski definition) is 2. The van der Waals surface area contributed by atoms with Crippen LogP contribution in [0.3, 0.4) is 0 Å². The number of amides is 1. The van der Waals surface area contributed by atoms with E-state index in [4.69, 9.17) is 0 Å². The Morgan fingerprint density at radius 3 is 2.87 bits per heavy atom. The highest BCUT2D eigenvalue weighted by atomic mass is 19.3. The van der Waals surface area contributed by atoms with Crippen LogP contribution in [0.4, 0.5) is 14.6 Å². The van der Waals surface area contributed by atoms with Crippen LogP contribution in [-0.2, 0) is 4.79 Å². The highest BCUT2D eigenvalue weighted by Gasteiger charge is 2.17. The van der Waals surface area contributed by atoms with Gasteiger partial charge in [0.2, 0.25) is 0 Å². The third-order valence-electron chi connectivity index (χ3n) is 1.91. The number of fused-ring (bicyclic) bond motifs is 1. The molecule has 0 aliphatic rings. The third kappa shape index (κ3) is 1.78. The number of carbonyl (C=O) groups excluding carboxylic acids is 1. The van der Waals surface area contributed by atoms with E-state index in [9.17, 15) is 13.6 Å². The minimum absolute atomic E-state index is 0.121. The summed E-state index contributed by atoms with van der Waals surface area (Å²) < 4.78 is 23.9. The summed E-state index contributed by atoms with van der Waals surface area (Å²) in [6, 6.07) is 6.93. The summed E-state index contributed by atoms with van der Waals surface area (Å²) in [5.41, 5.74) is 0.682. The monoisotopic (exact) mass is 211 g/mol. The van der Waals surface area contributed by atoms with E-state index < -0.39 is 12.3 Å². The number of benzene rings is 1. The third-order valence-corrected chi connectivity index (χ3v) is 1.91. The number of carbonyl (C=O) groups is 1. The molecule has 0 radical (unpaired) electrons. The van der Waals surface area contributed by atoms with Crippen LogP contribution in [0.5, 0.6) is 0 Å². The summed E-state index contributed by atoms with van der Waals surface area (Å²) in [6.07, 6.45) is -3.04. The van der Waals surface area contributed by atoms with Crippen LogP contribution in [0, 0.1) is 0 Å². The van der Waals surface area contributed by atoms with Crippen molar-refractivity contribution in [1.29, 1.82) is 0 Å². The first-order valence-corrected chi connectivity index (χ1v) is 4.20. The Hall–Kier alpha value is -1.98. The summed E-state index contributed by atoms with van der Waals surface area (Å²) >= 11 is 0. The molecule has 2 N–H and O–H groups in total. The number of aromatic nitrogens is 2. The maximum absolute atomic E-state index is 12.0. The van der Waals surface area contributed by atoms with Crippen molar-refractivity contribution in [3.05, 3.63) is 24.3 Å². The van der Waals surface area contributed by atoms with Crippen LogP contribution in [-0.4, -0.2) is 22.5 Å². The average molecular weight is 211 g/mol. The first-order valence-electron chi connectivity index (χ1n) is 4.20. The van der Waals surface area contributed by atoms with Crippen molar-refractivity contribution < 1.29 is 13.6 Å². The Labute approximate surface area is 83.3 Å². The number of nitrogens with one attached hydrogen (secondary N) is 2. The highest BCUT2D eigenvalue weighted by molar-refractivity contribution is 6.00. The molecule has 0 unspecified atom stereocenters. The van der Waals surface area contributed by atoms with Crippen molar-refractivity contribution in [2.75, 3.05) is 5.32 Å². The van der Waals surface area contributed by atoms with Gasteiger partial charge in [0.25, 0.3) is 5.91 Å². The number of aromatic amines is 1. The molecule has 0 atom stereocenters. The number of para-hydroxylation sites is 1. The van der Waals surface area contributed by atoms with Gasteiger partial charge in [0.05, 0.1) is 5.52 Å². The summed E-state index contributed by atoms with van der Waals surface area (Å²) in [6.45, 7) is 0. The molecule has 0 spiro atoms. The quantitative estimate of drug-likeness (QED) is 0.795. The molecule has 0 saturated carbocycles. The summed E-state index contributed by atoms with van der Waals surface area (Å²) in [7, 11) is 0. The summed E-state index contributed by atoms with van der Waals surface area (Å²) in [4.78, 5) is 10.7. The number of anilines is 1. The van der Waals surface area contributed by atoms with Gasteiger partial charge in [-0.2, -0.15) is 13.9 Å². The number of halogens is 2. The van der Waals surface area contributed by atoms with Crippen molar-refractivity contribution in [1.82, 2.24) is 10.2 Å². The van der Waals surface area contributed by atoms with Crippen molar-refractivity contribution in [2.45, 2.75) is 6.43 Å². The van der Waals surface area contributed by atoms with Crippen molar-refractivity contribution >= 4 is 22.6 Å². The maximum atomic E-state index is 12.0. The van der Waals surface area contributed by atoms with Gasteiger partial charge in [0, 0.05) is 5.39 Å². The van der Waals surface area contributed by atoms with Gasteiger partial charge in [-0.15, -0.1) is 0 Å². The van der Waals surface area contributed by atoms with E-state index in [0.29, 0.717) is 10.9 Å². The second-order valence-electron chi connectivity index (χ2n) is 2.91. The molecule has 4 nitrogen and oxygen atoms in total. The molecule has 0 fully saturated rings. The van der Waals surface area contributed by atoms with Gasteiger partial charge in [-0.25, -0.2) is 0 Å².